The fraction of sp³-hybridized carbons (Fsp3) is 0.267. The summed E-state index contributed by atoms with van der Waals surface area (Å²) in [6.07, 6.45) is 0. The lowest BCUT2D eigenvalue weighted by atomic mass is 10.1. The topological polar surface area (TPSA) is 90.5 Å². The van der Waals surface area contributed by atoms with Gasteiger partial charge in [0.1, 0.15) is 0 Å². The van der Waals surface area contributed by atoms with Crippen molar-refractivity contribution >= 4 is 11.6 Å². The maximum Gasteiger partial charge on any atom is 0.255 e. The Bertz CT molecular complexity index is 878. The first kappa shape index (κ1) is 14.9. The van der Waals surface area contributed by atoms with E-state index in [4.69, 9.17) is 0 Å². The van der Waals surface area contributed by atoms with Crippen molar-refractivity contribution < 1.29 is 4.79 Å². The minimum absolute atomic E-state index is 0.193. The fourth-order valence-electron chi connectivity index (χ4n) is 2.41. The summed E-state index contributed by atoms with van der Waals surface area (Å²) in [5, 5.41) is 18.6. The van der Waals surface area contributed by atoms with Crippen LogP contribution in [0.15, 0.2) is 24.3 Å². The van der Waals surface area contributed by atoms with Gasteiger partial charge in [-0.15, -0.1) is 5.10 Å². The second-order valence-corrected chi connectivity index (χ2v) is 5.33. The summed E-state index contributed by atoms with van der Waals surface area (Å²) in [5.74, 6) is 0.412. The molecule has 3 rings (SSSR count). The van der Waals surface area contributed by atoms with Gasteiger partial charge in [0.25, 0.3) is 5.91 Å². The van der Waals surface area contributed by atoms with Crippen LogP contribution in [0.4, 0.5) is 5.69 Å². The van der Waals surface area contributed by atoms with Gasteiger partial charge in [0.05, 0.1) is 17.1 Å². The van der Waals surface area contributed by atoms with Crippen molar-refractivity contribution in [2.45, 2.75) is 13.8 Å². The van der Waals surface area contributed by atoms with Crippen LogP contribution in [-0.4, -0.2) is 35.9 Å². The Morgan fingerprint density at radius 2 is 1.96 bits per heavy atom. The molecule has 1 amide bonds. The molecule has 2 aromatic heterocycles. The Labute approximate surface area is 133 Å². The van der Waals surface area contributed by atoms with Crippen LogP contribution in [0.5, 0.6) is 0 Å². The van der Waals surface area contributed by atoms with Crippen LogP contribution in [-0.2, 0) is 14.1 Å². The molecule has 118 valence electrons. The van der Waals surface area contributed by atoms with Crippen molar-refractivity contribution in [3.05, 3.63) is 41.2 Å². The SMILES string of the molecule is Cc1nn(C)c(C)c1NC(=O)c1cccc(-c2nnnn2C)c1. The van der Waals surface area contributed by atoms with E-state index >= 15 is 0 Å². The number of carbonyl (C=O) groups excluding carboxylic acids is 1. The number of benzene rings is 1. The second kappa shape index (κ2) is 5.64. The number of nitrogens with one attached hydrogen (secondary N) is 1. The lowest BCUT2D eigenvalue weighted by Gasteiger charge is -2.07. The number of nitrogens with zero attached hydrogens (tertiary/aromatic N) is 6. The third-order valence-electron chi connectivity index (χ3n) is 3.75. The molecule has 1 aromatic carbocycles. The molecule has 8 nitrogen and oxygen atoms in total. The molecule has 0 aliphatic rings. The minimum Gasteiger partial charge on any atom is -0.319 e. The third-order valence-corrected chi connectivity index (χ3v) is 3.75. The molecule has 0 spiro atoms. The summed E-state index contributed by atoms with van der Waals surface area (Å²) < 4.78 is 3.30. The van der Waals surface area contributed by atoms with Crippen LogP contribution < -0.4 is 5.32 Å². The van der Waals surface area contributed by atoms with Gasteiger partial charge < -0.3 is 5.32 Å². The van der Waals surface area contributed by atoms with Crippen molar-refractivity contribution in [2.75, 3.05) is 5.32 Å². The van der Waals surface area contributed by atoms with E-state index in [-0.39, 0.29) is 5.91 Å². The number of hydrogen-bond acceptors (Lipinski definition) is 5. The molecule has 0 radical (unpaired) electrons. The summed E-state index contributed by atoms with van der Waals surface area (Å²) in [6, 6.07) is 7.19. The number of rotatable bonds is 3. The maximum absolute atomic E-state index is 12.5. The first-order valence-corrected chi connectivity index (χ1v) is 7.11. The van der Waals surface area contributed by atoms with E-state index in [9.17, 15) is 4.79 Å². The van der Waals surface area contributed by atoms with E-state index in [1.807, 2.05) is 33.0 Å². The zero-order valence-corrected chi connectivity index (χ0v) is 13.4. The number of amides is 1. The second-order valence-electron chi connectivity index (χ2n) is 5.33. The predicted molar refractivity (Wildman–Crippen MR) is 84.9 cm³/mol. The molecule has 2 heterocycles. The molecule has 0 unspecified atom stereocenters. The molecule has 3 aromatic rings. The van der Waals surface area contributed by atoms with E-state index in [0.29, 0.717) is 11.4 Å². The molecule has 0 saturated heterocycles. The molecule has 0 saturated carbocycles. The smallest absolute Gasteiger partial charge is 0.255 e. The quantitative estimate of drug-likeness (QED) is 0.791. The first-order chi connectivity index (χ1) is 11.0. The largest absolute Gasteiger partial charge is 0.319 e. The van der Waals surface area contributed by atoms with Gasteiger partial charge in [-0.3, -0.25) is 9.48 Å². The van der Waals surface area contributed by atoms with E-state index < -0.39 is 0 Å². The average molecular weight is 311 g/mol. The zero-order chi connectivity index (χ0) is 16.6. The molecule has 0 aliphatic heterocycles. The molecule has 23 heavy (non-hydrogen) atoms. The van der Waals surface area contributed by atoms with Crippen LogP contribution in [0.2, 0.25) is 0 Å². The van der Waals surface area contributed by atoms with E-state index in [0.717, 1.165) is 22.6 Å². The van der Waals surface area contributed by atoms with Crippen molar-refractivity contribution in [1.29, 1.82) is 0 Å². The molecule has 0 aliphatic carbocycles. The average Bonchev–Trinajstić information content (AvgIpc) is 3.06. The Morgan fingerprint density at radius 3 is 2.57 bits per heavy atom. The van der Waals surface area contributed by atoms with Crippen LogP contribution in [0.3, 0.4) is 0 Å². The van der Waals surface area contributed by atoms with Gasteiger partial charge >= 0.3 is 0 Å². The van der Waals surface area contributed by atoms with Crippen LogP contribution in [0.1, 0.15) is 21.7 Å². The fourth-order valence-corrected chi connectivity index (χ4v) is 2.41. The molecule has 1 N–H and O–H groups in total. The summed E-state index contributed by atoms with van der Waals surface area (Å²) in [4.78, 5) is 12.5. The highest BCUT2D eigenvalue weighted by atomic mass is 16.1. The van der Waals surface area contributed by atoms with Gasteiger partial charge in [-0.05, 0) is 36.4 Å². The monoisotopic (exact) mass is 311 g/mol. The van der Waals surface area contributed by atoms with Crippen LogP contribution in [0.25, 0.3) is 11.4 Å². The summed E-state index contributed by atoms with van der Waals surface area (Å²) in [5.41, 5.74) is 3.75. The molecular weight excluding hydrogens is 294 g/mol. The van der Waals surface area contributed by atoms with E-state index in [1.54, 1.807) is 28.5 Å². The molecule has 0 bridgehead atoms. The van der Waals surface area contributed by atoms with E-state index in [1.165, 1.54) is 0 Å². The Balaban J connectivity index is 1.90. The molecular formula is C15H17N7O. The lowest BCUT2D eigenvalue weighted by molar-refractivity contribution is 0.102. The molecule has 0 fully saturated rings. The normalized spacial score (nSPS) is 10.8. The Hall–Kier alpha value is -3.03. The zero-order valence-electron chi connectivity index (χ0n) is 13.4. The van der Waals surface area contributed by atoms with Gasteiger partial charge in [-0.2, -0.15) is 5.10 Å². The Kier molecular flexibility index (Phi) is 3.65. The standard InChI is InChI=1S/C15H17N7O/c1-9-13(10(2)21(3)18-9)16-15(23)12-7-5-6-11(8-12)14-17-19-20-22(14)4/h5-8H,1-4H3,(H,16,23). The van der Waals surface area contributed by atoms with Crippen molar-refractivity contribution in [3.8, 4) is 11.4 Å². The highest BCUT2D eigenvalue weighted by Gasteiger charge is 2.15. The number of aromatic nitrogens is 6. The number of anilines is 1. The van der Waals surface area contributed by atoms with Crippen LogP contribution in [0, 0.1) is 13.8 Å². The first-order valence-electron chi connectivity index (χ1n) is 7.11. The number of carbonyl (C=O) groups is 1. The summed E-state index contributed by atoms with van der Waals surface area (Å²) in [7, 11) is 3.60. The molecule has 0 atom stereocenters. The summed E-state index contributed by atoms with van der Waals surface area (Å²) >= 11 is 0. The number of aryl methyl sites for hydroxylation is 3. The van der Waals surface area contributed by atoms with Crippen molar-refractivity contribution in [1.82, 2.24) is 30.0 Å². The lowest BCUT2D eigenvalue weighted by Crippen LogP contribution is -2.13. The number of hydrogen-bond donors (Lipinski definition) is 1. The van der Waals surface area contributed by atoms with E-state index in [2.05, 4.69) is 25.9 Å². The Morgan fingerprint density at radius 1 is 1.17 bits per heavy atom. The minimum atomic E-state index is -0.193. The van der Waals surface area contributed by atoms with Gasteiger partial charge in [0.2, 0.25) is 0 Å². The molecule has 8 heteroatoms. The highest BCUT2D eigenvalue weighted by Crippen LogP contribution is 2.21. The predicted octanol–water partition coefficient (Wildman–Crippen LogP) is 1.48. The van der Waals surface area contributed by atoms with Gasteiger partial charge in [-0.1, -0.05) is 12.1 Å². The van der Waals surface area contributed by atoms with Gasteiger partial charge in [-0.25, -0.2) is 4.68 Å². The van der Waals surface area contributed by atoms with Crippen molar-refractivity contribution in [2.24, 2.45) is 14.1 Å². The number of tetrazole rings is 1. The van der Waals surface area contributed by atoms with Crippen molar-refractivity contribution in [3.63, 3.8) is 0 Å². The van der Waals surface area contributed by atoms with Gasteiger partial charge in [0, 0.05) is 25.2 Å². The maximum atomic E-state index is 12.5. The van der Waals surface area contributed by atoms with Crippen LogP contribution >= 0.6 is 0 Å². The highest BCUT2D eigenvalue weighted by molar-refractivity contribution is 6.05. The third kappa shape index (κ3) is 2.70. The van der Waals surface area contributed by atoms with Gasteiger partial charge in [0.15, 0.2) is 5.82 Å². The summed E-state index contributed by atoms with van der Waals surface area (Å²) in [6.45, 7) is 3.78.